The van der Waals surface area contributed by atoms with E-state index in [1.807, 2.05) is 5.43 Å². The molecule has 0 unspecified atom stereocenters. The summed E-state index contributed by atoms with van der Waals surface area (Å²) in [7, 11) is 1.42. The van der Waals surface area contributed by atoms with E-state index in [0.717, 1.165) is 11.2 Å². The summed E-state index contributed by atoms with van der Waals surface area (Å²) in [6.45, 7) is 0. The Bertz CT molecular complexity index is 726. The number of methoxy groups -OCH3 is 1. The van der Waals surface area contributed by atoms with E-state index in [4.69, 9.17) is 22.2 Å². The summed E-state index contributed by atoms with van der Waals surface area (Å²) in [4.78, 5) is 19.0. The molecule has 0 aliphatic heterocycles. The zero-order valence-electron chi connectivity index (χ0n) is 12.1. The van der Waals surface area contributed by atoms with Crippen molar-refractivity contribution in [3.63, 3.8) is 0 Å². The molecule has 8 N–H and O–H groups in total. The number of carbonyl (C=O) groups excluding carboxylic acids is 1. The van der Waals surface area contributed by atoms with Gasteiger partial charge in [-0.1, -0.05) is 0 Å². The third-order valence-electron chi connectivity index (χ3n) is 2.81. The fourth-order valence-electron chi connectivity index (χ4n) is 1.70. The highest BCUT2D eigenvalue weighted by atomic mass is 19.1. The summed E-state index contributed by atoms with van der Waals surface area (Å²) >= 11 is 0. The van der Waals surface area contributed by atoms with Crippen LogP contribution in [-0.4, -0.2) is 23.1 Å². The minimum Gasteiger partial charge on any atom is -0.495 e. The molecule has 1 heterocycles. The van der Waals surface area contributed by atoms with Crippen molar-refractivity contribution in [3.05, 3.63) is 30.2 Å². The Balaban J connectivity index is 2.33. The Hall–Kier alpha value is -3.18. The van der Waals surface area contributed by atoms with Crippen molar-refractivity contribution in [1.29, 1.82) is 0 Å². The third-order valence-corrected chi connectivity index (χ3v) is 2.81. The number of carbonyl (C=O) groups is 1. The van der Waals surface area contributed by atoms with Gasteiger partial charge in [0.15, 0.2) is 11.6 Å². The van der Waals surface area contributed by atoms with Crippen molar-refractivity contribution < 1.29 is 13.9 Å². The molecule has 2 aromatic rings. The number of benzene rings is 1. The lowest BCUT2D eigenvalue weighted by atomic mass is 10.2. The molecule has 0 radical (unpaired) electrons. The number of halogens is 1. The second kappa shape index (κ2) is 6.72. The van der Waals surface area contributed by atoms with Crippen LogP contribution in [0.4, 0.5) is 32.3 Å². The smallest absolute Gasteiger partial charge is 0.350 e. The Morgan fingerprint density at radius 3 is 2.78 bits per heavy atom. The third kappa shape index (κ3) is 3.53. The van der Waals surface area contributed by atoms with E-state index >= 15 is 0 Å². The maximum atomic E-state index is 13.1. The van der Waals surface area contributed by atoms with E-state index < -0.39 is 11.8 Å². The number of urea groups is 1. The quantitative estimate of drug-likeness (QED) is 0.304. The van der Waals surface area contributed by atoms with Gasteiger partial charge in [0, 0.05) is 5.69 Å². The average Bonchev–Trinajstić information content (AvgIpc) is 2.56. The van der Waals surface area contributed by atoms with Crippen molar-refractivity contribution in [1.82, 2.24) is 15.4 Å². The number of rotatable bonds is 4. The van der Waals surface area contributed by atoms with Crippen molar-refractivity contribution >= 4 is 29.2 Å². The molecular weight excluding hydrogens is 307 g/mol. The van der Waals surface area contributed by atoms with E-state index in [-0.39, 0.29) is 17.5 Å². The van der Waals surface area contributed by atoms with Crippen molar-refractivity contribution in [2.24, 2.45) is 11.7 Å². The minimum atomic E-state index is -0.747. The lowest BCUT2D eigenvalue weighted by molar-refractivity contribution is 0.246. The number of nitrogens with one attached hydrogen (secondary N) is 2. The number of anilines is 4. The predicted molar refractivity (Wildman–Crippen MR) is 82.1 cm³/mol. The maximum Gasteiger partial charge on any atom is 0.350 e. The largest absolute Gasteiger partial charge is 0.495 e. The Morgan fingerprint density at radius 2 is 2.17 bits per heavy atom. The van der Waals surface area contributed by atoms with Crippen molar-refractivity contribution in [2.45, 2.75) is 0 Å². The van der Waals surface area contributed by atoms with Crippen LogP contribution in [0, 0.1) is 5.82 Å². The first-order chi connectivity index (χ1) is 11.0. The van der Waals surface area contributed by atoms with Crippen LogP contribution in [-0.2, 0) is 0 Å². The summed E-state index contributed by atoms with van der Waals surface area (Å²) in [5.41, 5.74) is 7.97. The van der Waals surface area contributed by atoms with Gasteiger partial charge in [0.25, 0.3) is 0 Å². The Morgan fingerprint density at radius 1 is 1.43 bits per heavy atom. The molecule has 0 atom stereocenters. The first-order valence-corrected chi connectivity index (χ1v) is 6.24. The standard InChI is InChI=1S/C12H15FN8O2/c1-23-9-3-2-6(4-8(9)21(16)12(22)20-15)18-11-17-5-7(13)10(14)19-11/h2-5H,15-16H2,1H3,(H,20,22)(H3,14,17,18,19). The van der Waals surface area contributed by atoms with Crippen LogP contribution in [0.3, 0.4) is 0 Å². The number of hydrazine groups is 2. The fraction of sp³-hybridized carbons (Fsp3) is 0.0833. The molecule has 122 valence electrons. The van der Waals surface area contributed by atoms with Gasteiger partial charge in [-0.05, 0) is 18.2 Å². The molecule has 0 saturated heterocycles. The molecule has 1 aromatic carbocycles. The molecule has 2 rings (SSSR count). The van der Waals surface area contributed by atoms with E-state index in [2.05, 4.69) is 15.3 Å². The lowest BCUT2D eigenvalue weighted by Gasteiger charge is -2.19. The summed E-state index contributed by atoms with van der Waals surface area (Å²) in [5, 5.41) is 3.57. The van der Waals surface area contributed by atoms with Crippen LogP contribution in [0.5, 0.6) is 5.75 Å². The van der Waals surface area contributed by atoms with Gasteiger partial charge in [-0.15, -0.1) is 0 Å². The van der Waals surface area contributed by atoms with Gasteiger partial charge in [0.2, 0.25) is 5.95 Å². The summed E-state index contributed by atoms with van der Waals surface area (Å²) in [5.74, 6) is 10.1. The number of hydrogen-bond donors (Lipinski definition) is 5. The molecule has 1 aromatic heterocycles. The SMILES string of the molecule is COc1ccc(Nc2ncc(F)c(N)n2)cc1N(N)C(=O)NN. The highest BCUT2D eigenvalue weighted by Gasteiger charge is 2.16. The first-order valence-electron chi connectivity index (χ1n) is 6.24. The molecular formula is C12H15FN8O2. The summed E-state index contributed by atoms with van der Waals surface area (Å²) in [6, 6.07) is 3.94. The molecule has 10 nitrogen and oxygen atoms in total. The zero-order valence-corrected chi connectivity index (χ0v) is 12.1. The van der Waals surface area contributed by atoms with Crippen LogP contribution in [0.1, 0.15) is 0 Å². The van der Waals surface area contributed by atoms with Crippen LogP contribution in [0.2, 0.25) is 0 Å². The number of nitrogens with zero attached hydrogens (tertiary/aromatic N) is 3. The van der Waals surface area contributed by atoms with Gasteiger partial charge in [-0.2, -0.15) is 4.98 Å². The highest BCUT2D eigenvalue weighted by molar-refractivity contribution is 5.92. The molecule has 2 amide bonds. The lowest BCUT2D eigenvalue weighted by Crippen LogP contribution is -2.47. The van der Waals surface area contributed by atoms with Gasteiger partial charge in [-0.3, -0.25) is 5.43 Å². The Kier molecular flexibility index (Phi) is 4.73. The number of ether oxygens (including phenoxy) is 1. The highest BCUT2D eigenvalue weighted by Crippen LogP contribution is 2.30. The number of nitrogens with two attached hydrogens (primary N) is 3. The summed E-state index contributed by atoms with van der Waals surface area (Å²) < 4.78 is 18.2. The molecule has 0 saturated carbocycles. The minimum absolute atomic E-state index is 0.0758. The van der Waals surface area contributed by atoms with E-state index in [1.54, 1.807) is 12.1 Å². The number of aromatic nitrogens is 2. The van der Waals surface area contributed by atoms with Crippen molar-refractivity contribution in [2.75, 3.05) is 23.2 Å². The molecule has 0 aliphatic rings. The molecule has 0 fully saturated rings. The number of hydrogen-bond acceptors (Lipinski definition) is 8. The second-order valence-electron chi connectivity index (χ2n) is 4.26. The predicted octanol–water partition coefficient (Wildman–Crippen LogP) is 0.213. The molecule has 0 spiro atoms. The zero-order chi connectivity index (χ0) is 17.0. The van der Waals surface area contributed by atoms with Crippen LogP contribution < -0.4 is 37.9 Å². The van der Waals surface area contributed by atoms with Crippen LogP contribution >= 0.6 is 0 Å². The summed E-state index contributed by atoms with van der Waals surface area (Å²) in [6.07, 6.45) is 0.937. The van der Waals surface area contributed by atoms with E-state index in [0.29, 0.717) is 11.4 Å². The van der Waals surface area contributed by atoms with Gasteiger partial charge >= 0.3 is 6.03 Å². The molecule has 23 heavy (non-hydrogen) atoms. The fourth-order valence-corrected chi connectivity index (χ4v) is 1.70. The van der Waals surface area contributed by atoms with Crippen LogP contribution in [0.15, 0.2) is 24.4 Å². The van der Waals surface area contributed by atoms with E-state index in [1.165, 1.54) is 13.2 Å². The van der Waals surface area contributed by atoms with Gasteiger partial charge in [0.1, 0.15) is 11.4 Å². The normalized spacial score (nSPS) is 10.1. The monoisotopic (exact) mass is 322 g/mol. The molecule has 11 heteroatoms. The van der Waals surface area contributed by atoms with Crippen LogP contribution in [0.25, 0.3) is 0 Å². The average molecular weight is 322 g/mol. The first kappa shape index (κ1) is 16.2. The Labute approximate surface area is 130 Å². The number of amides is 2. The van der Waals surface area contributed by atoms with E-state index in [9.17, 15) is 9.18 Å². The molecule has 0 aliphatic carbocycles. The van der Waals surface area contributed by atoms with Gasteiger partial charge in [-0.25, -0.2) is 30.9 Å². The number of nitrogen functional groups attached to an aromatic ring is 1. The maximum absolute atomic E-state index is 13.1. The topological polar surface area (TPSA) is 157 Å². The van der Waals surface area contributed by atoms with Crippen molar-refractivity contribution in [3.8, 4) is 5.75 Å². The van der Waals surface area contributed by atoms with Gasteiger partial charge in [0.05, 0.1) is 13.3 Å². The van der Waals surface area contributed by atoms with Gasteiger partial charge < -0.3 is 15.8 Å². The molecule has 0 bridgehead atoms. The second-order valence-corrected chi connectivity index (χ2v) is 4.26.